The molecule has 0 amide bonds. The van der Waals surface area contributed by atoms with Crippen LogP contribution in [0.1, 0.15) is 0 Å². The molecule has 0 unspecified atom stereocenters. The van der Waals surface area contributed by atoms with Gasteiger partial charge in [0.25, 0.3) is 0 Å². The van der Waals surface area contributed by atoms with E-state index in [0.29, 0.717) is 0 Å². The Balaban J connectivity index is 1.09. The SMILES string of the molecule is c1ccc(-c2ccc3c(N(c4ccc(N(c5ccccc5)c5ccccc5)cc4)c4ccc(N(c5ccccc5)c5ccccc5)cc4)c4cc(-c5ccccc5)ccc4c(-c4ccc5ccccc5c4)c3c2)cc1. The number of benzene rings is 13. The van der Waals surface area contributed by atoms with Crippen LogP contribution in [0.25, 0.3) is 65.7 Å². The highest BCUT2D eigenvalue weighted by atomic mass is 15.2. The minimum Gasteiger partial charge on any atom is -0.311 e. The molecule has 0 spiro atoms. The highest BCUT2D eigenvalue weighted by molar-refractivity contribution is 6.24. The molecule has 0 aliphatic carbocycles. The number of para-hydroxylation sites is 4. The molecule has 13 aromatic carbocycles. The van der Waals surface area contributed by atoms with E-state index in [-0.39, 0.29) is 0 Å². The van der Waals surface area contributed by atoms with Crippen LogP contribution < -0.4 is 14.7 Å². The van der Waals surface area contributed by atoms with Gasteiger partial charge in [-0.2, -0.15) is 0 Å². The Morgan fingerprint density at radius 1 is 0.173 bits per heavy atom. The minimum absolute atomic E-state index is 1.04. The highest BCUT2D eigenvalue weighted by Crippen LogP contribution is 2.51. The number of fused-ring (bicyclic) bond motifs is 3. The molecule has 0 radical (unpaired) electrons. The van der Waals surface area contributed by atoms with E-state index in [4.69, 9.17) is 0 Å². The molecule has 3 heteroatoms. The van der Waals surface area contributed by atoms with Crippen molar-refractivity contribution >= 4 is 83.5 Å². The second-order valence-corrected chi connectivity index (χ2v) is 18.9. The first kappa shape index (κ1) is 44.9. The molecule has 0 N–H and O–H groups in total. The first-order chi connectivity index (χ1) is 37.2. The van der Waals surface area contributed by atoms with Gasteiger partial charge in [0.1, 0.15) is 0 Å². The van der Waals surface area contributed by atoms with E-state index in [1.54, 1.807) is 0 Å². The van der Waals surface area contributed by atoms with Crippen molar-refractivity contribution in [1.29, 1.82) is 0 Å². The summed E-state index contributed by atoms with van der Waals surface area (Å²) in [6.45, 7) is 0. The number of rotatable bonds is 12. The Morgan fingerprint density at radius 3 is 0.947 bits per heavy atom. The molecule has 13 aromatic rings. The summed E-state index contributed by atoms with van der Waals surface area (Å²) >= 11 is 0. The van der Waals surface area contributed by atoms with Gasteiger partial charge in [0.2, 0.25) is 0 Å². The fraction of sp³-hybridized carbons (Fsp3) is 0. The summed E-state index contributed by atoms with van der Waals surface area (Å²) in [6, 6.07) is 112. The number of hydrogen-bond acceptors (Lipinski definition) is 3. The molecule has 0 heterocycles. The average molecular weight is 958 g/mol. The van der Waals surface area contributed by atoms with Crippen molar-refractivity contribution in [3.05, 3.63) is 309 Å². The highest BCUT2D eigenvalue weighted by Gasteiger charge is 2.25. The maximum Gasteiger partial charge on any atom is 0.0619 e. The van der Waals surface area contributed by atoms with Crippen molar-refractivity contribution in [3.8, 4) is 33.4 Å². The zero-order valence-corrected chi connectivity index (χ0v) is 41.3. The molecular weight excluding hydrogens is 907 g/mol. The van der Waals surface area contributed by atoms with Crippen LogP contribution in [0.2, 0.25) is 0 Å². The normalized spacial score (nSPS) is 11.2. The van der Waals surface area contributed by atoms with E-state index >= 15 is 0 Å². The Hall–Kier alpha value is -9.96. The molecule has 13 rings (SSSR count). The number of hydrogen-bond donors (Lipinski definition) is 0. The lowest BCUT2D eigenvalue weighted by Crippen LogP contribution is -2.14. The van der Waals surface area contributed by atoms with Crippen molar-refractivity contribution in [2.75, 3.05) is 14.7 Å². The lowest BCUT2D eigenvalue weighted by atomic mass is 9.86. The Kier molecular flexibility index (Phi) is 11.9. The van der Waals surface area contributed by atoms with Crippen molar-refractivity contribution in [3.63, 3.8) is 0 Å². The Labute approximate surface area is 438 Å². The summed E-state index contributed by atoms with van der Waals surface area (Å²) in [5, 5.41) is 7.08. The molecule has 0 aromatic heterocycles. The smallest absolute Gasteiger partial charge is 0.0619 e. The standard InChI is InChI=1S/C72H51N3/c1-7-21-52(22-8-1)56-38-48-68-69(50-56)71(58-36-35-54-25-19-20-26-55(54)49-58)67-47-37-57(53-23-9-2-10-24-53)51-70(67)72(68)75(65-43-39-63(40-44-65)73(59-27-11-3-12-28-59)60-29-13-4-14-30-60)66-45-41-64(42-46-66)74(61-31-15-5-16-32-61)62-33-17-6-18-34-62/h1-51H. The van der Waals surface area contributed by atoms with Gasteiger partial charge in [0.05, 0.1) is 5.69 Å². The summed E-state index contributed by atoms with van der Waals surface area (Å²) in [5.74, 6) is 0. The molecular formula is C72H51N3. The predicted octanol–water partition coefficient (Wildman–Crippen LogP) is 20.6. The molecule has 3 nitrogen and oxygen atoms in total. The zero-order chi connectivity index (χ0) is 49.9. The molecule has 75 heavy (non-hydrogen) atoms. The van der Waals surface area contributed by atoms with E-state index < -0.39 is 0 Å². The van der Waals surface area contributed by atoms with Crippen LogP contribution in [0.3, 0.4) is 0 Å². The van der Waals surface area contributed by atoms with Crippen LogP contribution in [-0.2, 0) is 0 Å². The first-order valence-electron chi connectivity index (χ1n) is 25.7. The third-order valence-corrected chi connectivity index (χ3v) is 14.4. The van der Waals surface area contributed by atoms with Crippen LogP contribution in [0.15, 0.2) is 309 Å². The van der Waals surface area contributed by atoms with Gasteiger partial charge in [-0.1, -0.05) is 194 Å². The van der Waals surface area contributed by atoms with E-state index in [0.717, 1.165) is 67.5 Å². The summed E-state index contributed by atoms with van der Waals surface area (Å²) in [5.41, 5.74) is 16.7. The van der Waals surface area contributed by atoms with Crippen molar-refractivity contribution < 1.29 is 0 Å². The fourth-order valence-electron chi connectivity index (χ4n) is 10.8. The second kappa shape index (κ2) is 19.9. The first-order valence-corrected chi connectivity index (χ1v) is 25.7. The molecule has 0 aliphatic heterocycles. The van der Waals surface area contributed by atoms with Gasteiger partial charge in [-0.05, 0) is 170 Å². The van der Waals surface area contributed by atoms with Crippen LogP contribution in [0, 0.1) is 0 Å². The summed E-state index contributed by atoms with van der Waals surface area (Å²) < 4.78 is 0. The molecule has 0 atom stereocenters. The van der Waals surface area contributed by atoms with Gasteiger partial charge in [0.15, 0.2) is 0 Å². The third kappa shape index (κ3) is 8.73. The topological polar surface area (TPSA) is 9.72 Å². The molecule has 0 fully saturated rings. The molecule has 0 saturated heterocycles. The summed E-state index contributed by atoms with van der Waals surface area (Å²) in [4.78, 5) is 7.14. The molecule has 354 valence electrons. The van der Waals surface area contributed by atoms with Gasteiger partial charge >= 0.3 is 0 Å². The van der Waals surface area contributed by atoms with Crippen LogP contribution >= 0.6 is 0 Å². The summed E-state index contributed by atoms with van der Waals surface area (Å²) in [7, 11) is 0. The van der Waals surface area contributed by atoms with Crippen LogP contribution in [0.4, 0.5) is 51.2 Å². The second-order valence-electron chi connectivity index (χ2n) is 18.9. The average Bonchev–Trinajstić information content (AvgIpc) is 3.51. The van der Waals surface area contributed by atoms with Crippen LogP contribution in [0.5, 0.6) is 0 Å². The van der Waals surface area contributed by atoms with Gasteiger partial charge in [0, 0.05) is 56.3 Å². The van der Waals surface area contributed by atoms with E-state index in [1.807, 2.05) is 0 Å². The molecule has 0 bridgehead atoms. The van der Waals surface area contributed by atoms with Crippen molar-refractivity contribution in [2.45, 2.75) is 0 Å². The van der Waals surface area contributed by atoms with Gasteiger partial charge in [-0.15, -0.1) is 0 Å². The Morgan fingerprint density at radius 2 is 0.507 bits per heavy atom. The zero-order valence-electron chi connectivity index (χ0n) is 41.3. The van der Waals surface area contributed by atoms with Crippen molar-refractivity contribution in [1.82, 2.24) is 0 Å². The number of nitrogens with zero attached hydrogens (tertiary/aromatic N) is 3. The largest absolute Gasteiger partial charge is 0.311 e. The predicted molar refractivity (Wildman–Crippen MR) is 319 cm³/mol. The monoisotopic (exact) mass is 957 g/mol. The Bertz CT molecular complexity index is 3870. The van der Waals surface area contributed by atoms with Gasteiger partial charge in [-0.3, -0.25) is 0 Å². The molecule has 0 aliphatic rings. The molecule has 0 saturated carbocycles. The van der Waals surface area contributed by atoms with Gasteiger partial charge in [-0.25, -0.2) is 0 Å². The van der Waals surface area contributed by atoms with Crippen LogP contribution in [-0.4, -0.2) is 0 Å². The number of anilines is 9. The van der Waals surface area contributed by atoms with Gasteiger partial charge < -0.3 is 14.7 Å². The van der Waals surface area contributed by atoms with E-state index in [1.165, 1.54) is 49.4 Å². The summed E-state index contributed by atoms with van der Waals surface area (Å²) in [6.07, 6.45) is 0. The maximum absolute atomic E-state index is 2.49. The van der Waals surface area contributed by atoms with E-state index in [2.05, 4.69) is 324 Å². The van der Waals surface area contributed by atoms with Crippen molar-refractivity contribution in [2.24, 2.45) is 0 Å². The fourth-order valence-corrected chi connectivity index (χ4v) is 10.8. The third-order valence-electron chi connectivity index (χ3n) is 14.4. The lowest BCUT2D eigenvalue weighted by molar-refractivity contribution is 1.25. The van der Waals surface area contributed by atoms with E-state index in [9.17, 15) is 0 Å². The lowest BCUT2D eigenvalue weighted by Gasteiger charge is -2.32. The minimum atomic E-state index is 1.04. The quantitative estimate of drug-likeness (QED) is 0.113. The maximum atomic E-state index is 2.49.